The van der Waals surface area contributed by atoms with E-state index in [1.165, 1.54) is 12.7 Å². The maximum absolute atomic E-state index is 12.4. The van der Waals surface area contributed by atoms with Crippen LogP contribution in [0.25, 0.3) is 0 Å². The number of hydrogen-bond donors (Lipinski definition) is 0. The van der Waals surface area contributed by atoms with Crippen molar-refractivity contribution in [2.45, 2.75) is 19.1 Å². The molecule has 0 radical (unpaired) electrons. The second kappa shape index (κ2) is 4.10. The number of ether oxygens (including phenoxy) is 1. The summed E-state index contributed by atoms with van der Waals surface area (Å²) in [6, 6.07) is 4.59. The van der Waals surface area contributed by atoms with Gasteiger partial charge in [0.1, 0.15) is 30.5 Å². The molecule has 0 spiro atoms. The van der Waals surface area contributed by atoms with Crippen LogP contribution in [0.3, 0.4) is 0 Å². The fourth-order valence-electron chi connectivity index (χ4n) is 2.16. The van der Waals surface area contributed by atoms with Gasteiger partial charge in [-0.1, -0.05) is 11.6 Å². The Morgan fingerprint density at radius 2 is 2.06 bits per heavy atom. The quantitative estimate of drug-likeness (QED) is 0.791. The van der Waals surface area contributed by atoms with Gasteiger partial charge in [0.2, 0.25) is 0 Å². The number of fused-ring (bicyclic) bond motifs is 1. The zero-order valence-electron chi connectivity index (χ0n) is 9.58. The summed E-state index contributed by atoms with van der Waals surface area (Å²) in [6.45, 7) is 1.84. The van der Waals surface area contributed by atoms with Crippen molar-refractivity contribution in [3.05, 3.63) is 41.4 Å². The summed E-state index contributed by atoms with van der Waals surface area (Å²) in [5.74, 6) is 0.518. The molecule has 0 N–H and O–H groups in total. The summed E-state index contributed by atoms with van der Waals surface area (Å²) in [4.78, 5) is 12.4. The van der Waals surface area contributed by atoms with E-state index in [1.54, 1.807) is 22.8 Å². The van der Waals surface area contributed by atoms with E-state index in [-0.39, 0.29) is 11.9 Å². The maximum Gasteiger partial charge on any atom is 0.193 e. The summed E-state index contributed by atoms with van der Waals surface area (Å²) in [5.41, 5.74) is 0.538. The van der Waals surface area contributed by atoms with Crippen LogP contribution < -0.4 is 4.74 Å². The molecule has 0 aliphatic carbocycles. The Balaban J connectivity index is 2.07. The number of carbonyl (C=O) groups excluding carboxylic acids is 1. The molecule has 0 amide bonds. The predicted molar refractivity (Wildman–Crippen MR) is 64.9 cm³/mol. The number of ketones is 1. The standard InChI is InChI=1S/C12H10ClN3O2/c1-7-11(16-5-14-15-6-16)12(17)9-3-2-8(13)4-10(9)18-7/h2-7,11H,1H3/t7-,11-/m0/s1. The van der Waals surface area contributed by atoms with Crippen LogP contribution in [0.4, 0.5) is 0 Å². The van der Waals surface area contributed by atoms with E-state index in [4.69, 9.17) is 16.3 Å². The van der Waals surface area contributed by atoms with Gasteiger partial charge in [0.25, 0.3) is 0 Å². The molecule has 92 valence electrons. The zero-order valence-corrected chi connectivity index (χ0v) is 10.3. The molecule has 0 saturated heterocycles. The lowest BCUT2D eigenvalue weighted by molar-refractivity contribution is 0.0717. The van der Waals surface area contributed by atoms with Crippen LogP contribution >= 0.6 is 11.6 Å². The van der Waals surface area contributed by atoms with Gasteiger partial charge in [0.15, 0.2) is 5.78 Å². The Kier molecular flexibility index (Phi) is 2.56. The van der Waals surface area contributed by atoms with Crippen LogP contribution in [0.5, 0.6) is 5.75 Å². The SMILES string of the molecule is C[C@@H]1Oc2cc(Cl)ccc2C(=O)[C@H]1n1cnnc1. The third-order valence-electron chi connectivity index (χ3n) is 2.99. The highest BCUT2D eigenvalue weighted by molar-refractivity contribution is 6.31. The van der Waals surface area contributed by atoms with Crippen LogP contribution in [0, 0.1) is 0 Å². The second-order valence-corrected chi connectivity index (χ2v) is 4.62. The Labute approximate surface area is 108 Å². The highest BCUT2D eigenvalue weighted by Crippen LogP contribution is 2.34. The molecule has 0 bridgehead atoms. The van der Waals surface area contributed by atoms with Crippen LogP contribution in [0.15, 0.2) is 30.9 Å². The molecule has 6 heteroatoms. The molecule has 0 saturated carbocycles. The van der Waals surface area contributed by atoms with Crippen LogP contribution in [0.2, 0.25) is 5.02 Å². The normalized spacial score (nSPS) is 22.4. The predicted octanol–water partition coefficient (Wildman–Crippen LogP) is 2.14. The summed E-state index contributed by atoms with van der Waals surface area (Å²) >= 11 is 5.89. The Morgan fingerprint density at radius 1 is 1.33 bits per heavy atom. The highest BCUT2D eigenvalue weighted by Gasteiger charge is 2.35. The third-order valence-corrected chi connectivity index (χ3v) is 3.23. The van der Waals surface area contributed by atoms with E-state index in [2.05, 4.69) is 10.2 Å². The van der Waals surface area contributed by atoms with Gasteiger partial charge in [0.05, 0.1) is 5.56 Å². The minimum Gasteiger partial charge on any atom is -0.487 e. The Bertz CT molecular complexity index is 597. The zero-order chi connectivity index (χ0) is 12.7. The first kappa shape index (κ1) is 11.2. The molecule has 0 fully saturated rings. The van der Waals surface area contributed by atoms with Crippen LogP contribution in [-0.2, 0) is 0 Å². The van der Waals surface area contributed by atoms with Gasteiger partial charge in [-0.15, -0.1) is 10.2 Å². The number of carbonyl (C=O) groups is 1. The van der Waals surface area contributed by atoms with Crippen molar-refractivity contribution in [3.8, 4) is 5.75 Å². The highest BCUT2D eigenvalue weighted by atomic mass is 35.5. The number of nitrogens with zero attached hydrogens (tertiary/aromatic N) is 3. The first-order valence-corrected chi connectivity index (χ1v) is 5.89. The molecule has 0 unspecified atom stereocenters. The van der Waals surface area contributed by atoms with Gasteiger partial charge in [-0.25, -0.2) is 0 Å². The van der Waals surface area contributed by atoms with Gasteiger partial charge >= 0.3 is 0 Å². The smallest absolute Gasteiger partial charge is 0.193 e. The molecule has 18 heavy (non-hydrogen) atoms. The maximum atomic E-state index is 12.4. The molecule has 2 atom stereocenters. The number of aromatic nitrogens is 3. The number of rotatable bonds is 1. The molecule has 2 heterocycles. The van der Waals surface area contributed by atoms with Crippen LogP contribution in [-0.4, -0.2) is 26.7 Å². The van der Waals surface area contributed by atoms with Crippen molar-refractivity contribution in [3.63, 3.8) is 0 Å². The van der Waals surface area contributed by atoms with Crippen molar-refractivity contribution >= 4 is 17.4 Å². The van der Waals surface area contributed by atoms with Gasteiger partial charge in [0, 0.05) is 5.02 Å². The van der Waals surface area contributed by atoms with Crippen molar-refractivity contribution in [2.75, 3.05) is 0 Å². The lowest BCUT2D eigenvalue weighted by Gasteiger charge is -2.30. The fourth-order valence-corrected chi connectivity index (χ4v) is 2.33. The monoisotopic (exact) mass is 263 g/mol. The molecular formula is C12H10ClN3O2. The number of Topliss-reactive ketones (excluding diaryl/α,β-unsaturated/α-hetero) is 1. The lowest BCUT2D eigenvalue weighted by Crippen LogP contribution is -2.37. The number of hydrogen-bond acceptors (Lipinski definition) is 4. The molecule has 5 nitrogen and oxygen atoms in total. The van der Waals surface area contributed by atoms with Gasteiger partial charge in [-0.2, -0.15) is 0 Å². The first-order valence-electron chi connectivity index (χ1n) is 5.51. The minimum atomic E-state index is -0.436. The van der Waals surface area contributed by atoms with E-state index in [0.29, 0.717) is 16.3 Å². The first-order chi connectivity index (χ1) is 8.66. The van der Waals surface area contributed by atoms with Crippen molar-refractivity contribution in [2.24, 2.45) is 0 Å². The Hall–Kier alpha value is -1.88. The largest absolute Gasteiger partial charge is 0.487 e. The summed E-state index contributed by atoms with van der Waals surface area (Å²) < 4.78 is 7.40. The van der Waals surface area contributed by atoms with Crippen molar-refractivity contribution in [1.82, 2.24) is 14.8 Å². The topological polar surface area (TPSA) is 57.0 Å². The second-order valence-electron chi connectivity index (χ2n) is 4.18. The molecule has 1 aromatic heterocycles. The van der Waals surface area contributed by atoms with Crippen molar-refractivity contribution < 1.29 is 9.53 Å². The molecular weight excluding hydrogens is 254 g/mol. The average Bonchev–Trinajstić information content (AvgIpc) is 2.82. The van der Waals surface area contributed by atoms with Crippen LogP contribution in [0.1, 0.15) is 23.3 Å². The summed E-state index contributed by atoms with van der Waals surface area (Å²) in [5, 5.41) is 7.99. The molecule has 1 aliphatic rings. The van der Waals surface area contributed by atoms with Crippen molar-refractivity contribution in [1.29, 1.82) is 0 Å². The third kappa shape index (κ3) is 1.67. The molecule has 1 aromatic carbocycles. The van der Waals surface area contributed by atoms with E-state index >= 15 is 0 Å². The van der Waals surface area contributed by atoms with Gasteiger partial charge in [-0.05, 0) is 25.1 Å². The fraction of sp³-hybridized carbons (Fsp3) is 0.250. The van der Waals surface area contributed by atoms with Gasteiger partial charge in [-0.3, -0.25) is 4.79 Å². The van der Waals surface area contributed by atoms with E-state index in [1.807, 2.05) is 6.92 Å². The average molecular weight is 264 g/mol. The number of benzene rings is 1. The lowest BCUT2D eigenvalue weighted by atomic mass is 9.96. The summed E-state index contributed by atoms with van der Waals surface area (Å²) in [6.07, 6.45) is 2.74. The summed E-state index contributed by atoms with van der Waals surface area (Å²) in [7, 11) is 0. The Morgan fingerprint density at radius 3 is 2.78 bits per heavy atom. The molecule has 1 aliphatic heterocycles. The van der Waals surface area contributed by atoms with Gasteiger partial charge < -0.3 is 9.30 Å². The van der Waals surface area contributed by atoms with E-state index in [0.717, 1.165) is 0 Å². The number of halogens is 1. The van der Waals surface area contributed by atoms with E-state index < -0.39 is 6.04 Å². The minimum absolute atomic E-state index is 0.0137. The van der Waals surface area contributed by atoms with E-state index in [9.17, 15) is 4.79 Å². The molecule has 2 aromatic rings. The molecule has 3 rings (SSSR count).